The zero-order chi connectivity index (χ0) is 22.5. The van der Waals surface area contributed by atoms with Crippen LogP contribution in [0.3, 0.4) is 0 Å². The number of nitrogens with one attached hydrogen (secondary N) is 1. The van der Waals surface area contributed by atoms with Crippen molar-refractivity contribution in [3.8, 4) is 17.9 Å². The molecular formula is C21H27N3O5S. The molecule has 162 valence electrons. The van der Waals surface area contributed by atoms with Crippen LogP contribution in [0.2, 0.25) is 0 Å². The minimum Gasteiger partial charge on any atom is -0.444 e. The smallest absolute Gasteiger partial charge is 0.407 e. The highest BCUT2D eigenvalue weighted by Crippen LogP contribution is 2.23. The third kappa shape index (κ3) is 6.46. The number of aliphatic hydroxyl groups is 1. The number of carbonyl (C=O) groups is 1. The highest BCUT2D eigenvalue weighted by atomic mass is 32.2. The first kappa shape index (κ1) is 23.7. The molecule has 1 atom stereocenters. The second-order valence-corrected chi connectivity index (χ2v) is 10.0. The van der Waals surface area contributed by atoms with Crippen molar-refractivity contribution >= 4 is 16.1 Å². The average molecular weight is 434 g/mol. The molecule has 1 fully saturated rings. The minimum absolute atomic E-state index is 0.0370. The molecule has 1 aromatic carbocycles. The van der Waals surface area contributed by atoms with Crippen LogP contribution in [0, 0.1) is 23.2 Å². The third-order valence-corrected chi connectivity index (χ3v) is 6.23. The Morgan fingerprint density at radius 3 is 2.47 bits per heavy atom. The molecule has 9 heteroatoms. The minimum atomic E-state index is -3.78. The molecule has 1 unspecified atom stereocenters. The van der Waals surface area contributed by atoms with Gasteiger partial charge in [0.05, 0.1) is 10.5 Å². The number of amides is 1. The van der Waals surface area contributed by atoms with Gasteiger partial charge in [-0.05, 0) is 58.7 Å². The second kappa shape index (κ2) is 9.48. The molecule has 0 aromatic heterocycles. The maximum atomic E-state index is 13.0. The van der Waals surface area contributed by atoms with Crippen molar-refractivity contribution in [1.82, 2.24) is 9.62 Å². The first-order valence-corrected chi connectivity index (χ1v) is 11.1. The van der Waals surface area contributed by atoms with E-state index in [4.69, 9.17) is 4.74 Å². The average Bonchev–Trinajstić information content (AvgIpc) is 2.64. The van der Waals surface area contributed by atoms with Crippen LogP contribution in [0.1, 0.15) is 51.7 Å². The number of nitriles is 1. The Balaban J connectivity index is 2.11. The van der Waals surface area contributed by atoms with Crippen molar-refractivity contribution in [3.63, 3.8) is 0 Å². The van der Waals surface area contributed by atoms with E-state index >= 15 is 0 Å². The standard InChI is InChI=1S/C21H27N3O5S/c1-15(25)5-6-16-13-19(8-7-17(16)14-22)30(27,28)24-11-9-18(10-12-24)23-20(26)29-21(2,3)4/h7-8,13,15,18,25H,9-12H2,1-4H3,(H,23,26). The number of sulfonamides is 1. The summed E-state index contributed by atoms with van der Waals surface area (Å²) in [6, 6.07) is 5.96. The van der Waals surface area contributed by atoms with Gasteiger partial charge in [0, 0.05) is 24.7 Å². The Morgan fingerprint density at radius 1 is 1.30 bits per heavy atom. The Kier molecular flexibility index (Phi) is 7.49. The lowest BCUT2D eigenvalue weighted by Gasteiger charge is -2.32. The summed E-state index contributed by atoms with van der Waals surface area (Å²) in [7, 11) is -3.78. The van der Waals surface area contributed by atoms with Gasteiger partial charge in [0.15, 0.2) is 0 Å². The van der Waals surface area contributed by atoms with E-state index in [1.165, 1.54) is 29.4 Å². The fourth-order valence-corrected chi connectivity index (χ4v) is 4.43. The van der Waals surface area contributed by atoms with Gasteiger partial charge < -0.3 is 15.2 Å². The van der Waals surface area contributed by atoms with Crippen LogP contribution in [0.25, 0.3) is 0 Å². The second-order valence-electron chi connectivity index (χ2n) is 8.09. The topological polar surface area (TPSA) is 120 Å². The fraction of sp³-hybridized carbons (Fsp3) is 0.524. The predicted molar refractivity (Wildman–Crippen MR) is 111 cm³/mol. The van der Waals surface area contributed by atoms with Crippen molar-refractivity contribution in [3.05, 3.63) is 29.3 Å². The molecule has 2 N–H and O–H groups in total. The molecular weight excluding hydrogens is 406 g/mol. The Labute approximate surface area is 177 Å². The van der Waals surface area contributed by atoms with Crippen molar-refractivity contribution in [2.24, 2.45) is 0 Å². The molecule has 1 aromatic rings. The summed E-state index contributed by atoms with van der Waals surface area (Å²) in [5.74, 6) is 5.19. The maximum Gasteiger partial charge on any atom is 0.407 e. The lowest BCUT2D eigenvalue weighted by molar-refractivity contribution is 0.0489. The van der Waals surface area contributed by atoms with Crippen molar-refractivity contribution in [2.75, 3.05) is 13.1 Å². The van der Waals surface area contributed by atoms with Crippen molar-refractivity contribution in [1.29, 1.82) is 5.26 Å². The summed E-state index contributed by atoms with van der Waals surface area (Å²) < 4.78 is 32.6. The number of aliphatic hydroxyl groups excluding tert-OH is 1. The van der Waals surface area contributed by atoms with Gasteiger partial charge in [-0.15, -0.1) is 0 Å². The molecule has 0 bridgehead atoms. The molecule has 2 rings (SSSR count). The number of hydrogen-bond acceptors (Lipinski definition) is 6. The van der Waals surface area contributed by atoms with Crippen LogP contribution in [0.15, 0.2) is 23.1 Å². The van der Waals surface area contributed by atoms with Gasteiger partial charge in [0.1, 0.15) is 17.8 Å². The zero-order valence-corrected chi connectivity index (χ0v) is 18.4. The number of hydrogen-bond donors (Lipinski definition) is 2. The summed E-state index contributed by atoms with van der Waals surface area (Å²) in [6.45, 7) is 7.31. The SMILES string of the molecule is CC(O)C#Cc1cc(S(=O)(=O)N2CCC(NC(=O)OC(C)(C)C)CC2)ccc1C#N. The Hall–Kier alpha value is -2.59. The summed E-state index contributed by atoms with van der Waals surface area (Å²) in [5.41, 5.74) is -0.110. The molecule has 1 heterocycles. The van der Waals surface area contributed by atoms with E-state index in [1.54, 1.807) is 20.8 Å². The molecule has 1 amide bonds. The van der Waals surface area contributed by atoms with E-state index in [1.807, 2.05) is 6.07 Å². The lowest BCUT2D eigenvalue weighted by atomic mass is 10.1. The predicted octanol–water partition coefficient (Wildman–Crippen LogP) is 1.97. The molecule has 8 nitrogen and oxygen atoms in total. The van der Waals surface area contributed by atoms with Gasteiger partial charge in [-0.3, -0.25) is 0 Å². The summed E-state index contributed by atoms with van der Waals surface area (Å²) >= 11 is 0. The van der Waals surface area contributed by atoms with Gasteiger partial charge in [-0.25, -0.2) is 13.2 Å². The van der Waals surface area contributed by atoms with E-state index < -0.39 is 27.8 Å². The largest absolute Gasteiger partial charge is 0.444 e. The molecule has 30 heavy (non-hydrogen) atoms. The van der Waals surface area contributed by atoms with Gasteiger partial charge in [0.2, 0.25) is 10.0 Å². The molecule has 1 aliphatic heterocycles. The van der Waals surface area contributed by atoms with Crippen LogP contribution >= 0.6 is 0 Å². The zero-order valence-electron chi connectivity index (χ0n) is 17.6. The molecule has 0 saturated carbocycles. The monoisotopic (exact) mass is 433 g/mol. The first-order valence-electron chi connectivity index (χ1n) is 9.66. The number of benzene rings is 1. The summed E-state index contributed by atoms with van der Waals surface area (Å²) in [5, 5.41) is 21.3. The van der Waals surface area contributed by atoms with E-state index in [0.717, 1.165) is 0 Å². The molecule has 0 radical (unpaired) electrons. The van der Waals surface area contributed by atoms with Crippen LogP contribution in [0.5, 0.6) is 0 Å². The van der Waals surface area contributed by atoms with Crippen LogP contribution in [-0.4, -0.2) is 54.8 Å². The van der Waals surface area contributed by atoms with Gasteiger partial charge in [0.25, 0.3) is 0 Å². The van der Waals surface area contributed by atoms with Gasteiger partial charge >= 0.3 is 6.09 Å². The first-order chi connectivity index (χ1) is 13.9. The van der Waals surface area contributed by atoms with E-state index in [0.29, 0.717) is 12.8 Å². The fourth-order valence-electron chi connectivity index (χ4n) is 2.93. The van der Waals surface area contributed by atoms with Gasteiger partial charge in [-0.2, -0.15) is 9.57 Å². The number of alkyl carbamates (subject to hydrolysis) is 1. The van der Waals surface area contributed by atoms with Crippen LogP contribution in [0.4, 0.5) is 4.79 Å². The lowest BCUT2D eigenvalue weighted by Crippen LogP contribution is -2.47. The van der Waals surface area contributed by atoms with Crippen molar-refractivity contribution in [2.45, 2.75) is 63.2 Å². The number of carbonyl (C=O) groups excluding carboxylic acids is 1. The van der Waals surface area contributed by atoms with Crippen LogP contribution in [-0.2, 0) is 14.8 Å². The number of nitrogens with zero attached hydrogens (tertiary/aromatic N) is 2. The Bertz CT molecular complexity index is 986. The quantitative estimate of drug-likeness (QED) is 0.703. The molecule has 0 spiro atoms. The highest BCUT2D eigenvalue weighted by Gasteiger charge is 2.31. The Morgan fingerprint density at radius 2 is 1.93 bits per heavy atom. The van der Waals surface area contributed by atoms with E-state index in [2.05, 4.69) is 17.2 Å². The molecule has 1 saturated heterocycles. The van der Waals surface area contributed by atoms with Gasteiger partial charge in [-0.1, -0.05) is 11.8 Å². The van der Waals surface area contributed by atoms with E-state index in [9.17, 15) is 23.6 Å². The highest BCUT2D eigenvalue weighted by molar-refractivity contribution is 7.89. The summed E-state index contributed by atoms with van der Waals surface area (Å²) in [4.78, 5) is 11.9. The number of ether oxygens (including phenoxy) is 1. The van der Waals surface area contributed by atoms with Crippen molar-refractivity contribution < 1.29 is 23.1 Å². The normalized spacial score (nSPS) is 16.7. The summed E-state index contributed by atoms with van der Waals surface area (Å²) in [6.07, 6.45) is -0.488. The number of piperidine rings is 1. The third-order valence-electron chi connectivity index (χ3n) is 4.34. The molecule has 1 aliphatic rings. The van der Waals surface area contributed by atoms with E-state index in [-0.39, 0.29) is 35.2 Å². The number of rotatable bonds is 3. The van der Waals surface area contributed by atoms with Crippen LogP contribution < -0.4 is 5.32 Å². The maximum absolute atomic E-state index is 13.0. The molecule has 0 aliphatic carbocycles.